The van der Waals surface area contributed by atoms with Gasteiger partial charge in [-0.15, -0.1) is 24.8 Å². The summed E-state index contributed by atoms with van der Waals surface area (Å²) in [6.45, 7) is 5.04. The molecule has 4 nitrogen and oxygen atoms in total. The maximum Gasteiger partial charge on any atom is 0.224 e. The van der Waals surface area contributed by atoms with Gasteiger partial charge >= 0.3 is 0 Å². The lowest BCUT2D eigenvalue weighted by atomic mass is 10.1. The minimum absolute atomic E-state index is 0. The van der Waals surface area contributed by atoms with Gasteiger partial charge in [-0.3, -0.25) is 9.69 Å². The maximum absolute atomic E-state index is 13.8. The molecule has 0 spiro atoms. The van der Waals surface area contributed by atoms with E-state index in [-0.39, 0.29) is 42.6 Å². The van der Waals surface area contributed by atoms with Gasteiger partial charge in [-0.2, -0.15) is 0 Å². The van der Waals surface area contributed by atoms with Crippen molar-refractivity contribution in [2.45, 2.75) is 25.9 Å². The molecule has 1 unspecified atom stereocenters. The molecule has 1 aliphatic heterocycles. The molecular formula is C15H23Cl3FN3O. The first-order valence-corrected chi connectivity index (χ1v) is 7.53. The predicted octanol–water partition coefficient (Wildman–Crippen LogP) is 2.70. The fraction of sp³-hybridized carbons (Fsp3) is 0.533. The Balaban J connectivity index is 0.00000242. The molecule has 23 heavy (non-hydrogen) atoms. The van der Waals surface area contributed by atoms with E-state index in [9.17, 15) is 9.18 Å². The second-order valence-electron chi connectivity index (χ2n) is 5.54. The summed E-state index contributed by atoms with van der Waals surface area (Å²) >= 11 is 6.04. The Labute approximate surface area is 154 Å². The normalized spacial score (nSPS) is 16.3. The van der Waals surface area contributed by atoms with Crippen LogP contribution >= 0.6 is 36.4 Å². The molecule has 1 aromatic carbocycles. The number of amides is 1. The van der Waals surface area contributed by atoms with Crippen LogP contribution in [-0.4, -0.2) is 47.9 Å². The lowest BCUT2D eigenvalue weighted by Gasteiger charge is -2.35. The molecule has 0 bridgehead atoms. The summed E-state index contributed by atoms with van der Waals surface area (Å²) < 4.78 is 13.8. The Morgan fingerprint density at radius 1 is 1.30 bits per heavy atom. The first kappa shape index (κ1) is 22.4. The van der Waals surface area contributed by atoms with Crippen LogP contribution in [0.25, 0.3) is 0 Å². The third-order valence-corrected chi connectivity index (χ3v) is 4.02. The quantitative estimate of drug-likeness (QED) is 0.865. The average molecular weight is 387 g/mol. The van der Waals surface area contributed by atoms with E-state index in [1.807, 2.05) is 11.8 Å². The second kappa shape index (κ2) is 10.3. The number of nitrogens with zero attached hydrogens (tertiary/aromatic N) is 2. The van der Waals surface area contributed by atoms with Crippen molar-refractivity contribution in [3.05, 3.63) is 34.6 Å². The first-order valence-electron chi connectivity index (χ1n) is 7.16. The summed E-state index contributed by atoms with van der Waals surface area (Å²) in [5.41, 5.74) is 6.17. The van der Waals surface area contributed by atoms with Gasteiger partial charge in [0.2, 0.25) is 5.91 Å². The van der Waals surface area contributed by atoms with E-state index in [0.717, 1.165) is 13.1 Å². The van der Waals surface area contributed by atoms with E-state index >= 15 is 0 Å². The van der Waals surface area contributed by atoms with Gasteiger partial charge in [0.25, 0.3) is 0 Å². The van der Waals surface area contributed by atoms with Crippen molar-refractivity contribution in [3.63, 3.8) is 0 Å². The summed E-state index contributed by atoms with van der Waals surface area (Å²) in [7, 11) is 0. The number of benzene rings is 1. The maximum atomic E-state index is 13.8. The highest BCUT2D eigenvalue weighted by atomic mass is 35.5. The predicted molar refractivity (Wildman–Crippen MR) is 96.0 cm³/mol. The number of nitrogens with two attached hydrogens (primary N) is 1. The molecule has 1 saturated heterocycles. The van der Waals surface area contributed by atoms with E-state index in [0.29, 0.717) is 36.6 Å². The van der Waals surface area contributed by atoms with Crippen LogP contribution in [0.1, 0.15) is 18.9 Å². The van der Waals surface area contributed by atoms with Crippen LogP contribution < -0.4 is 5.73 Å². The van der Waals surface area contributed by atoms with Crippen LogP contribution in [0.4, 0.5) is 4.39 Å². The van der Waals surface area contributed by atoms with Gasteiger partial charge in [0, 0.05) is 55.8 Å². The molecule has 0 radical (unpaired) electrons. The van der Waals surface area contributed by atoms with Gasteiger partial charge < -0.3 is 10.6 Å². The van der Waals surface area contributed by atoms with Crippen LogP contribution in [0.5, 0.6) is 0 Å². The Hall–Kier alpha value is -0.590. The molecule has 2 N–H and O–H groups in total. The largest absolute Gasteiger partial charge is 0.340 e. The standard InChI is InChI=1S/C15H21ClFN3O.2ClH/c1-11(18)9-15(21)20-7-5-19(6-8-20)10-12-13(16)3-2-4-14(12)17;;/h2-4,11H,5-10,18H2,1H3;2*1H. The summed E-state index contributed by atoms with van der Waals surface area (Å²) in [5.74, 6) is -0.188. The van der Waals surface area contributed by atoms with Gasteiger partial charge in [0.05, 0.1) is 0 Å². The third-order valence-electron chi connectivity index (χ3n) is 3.67. The van der Waals surface area contributed by atoms with Gasteiger partial charge in [-0.1, -0.05) is 17.7 Å². The van der Waals surface area contributed by atoms with Crippen molar-refractivity contribution in [1.29, 1.82) is 0 Å². The molecule has 1 atom stereocenters. The third kappa shape index (κ3) is 6.43. The fourth-order valence-electron chi connectivity index (χ4n) is 2.47. The van der Waals surface area contributed by atoms with E-state index in [4.69, 9.17) is 17.3 Å². The molecule has 1 amide bonds. The first-order chi connectivity index (χ1) is 9.97. The Morgan fingerprint density at radius 3 is 2.43 bits per heavy atom. The zero-order valence-electron chi connectivity index (χ0n) is 13.0. The van der Waals surface area contributed by atoms with Crippen LogP contribution in [0.3, 0.4) is 0 Å². The van der Waals surface area contributed by atoms with E-state index < -0.39 is 0 Å². The number of hydrogen-bond acceptors (Lipinski definition) is 3. The molecule has 1 aliphatic rings. The SMILES string of the molecule is CC(N)CC(=O)N1CCN(Cc2c(F)cccc2Cl)CC1.Cl.Cl. The molecule has 1 aromatic rings. The second-order valence-corrected chi connectivity index (χ2v) is 5.95. The molecule has 1 fully saturated rings. The average Bonchev–Trinajstić information content (AvgIpc) is 2.43. The van der Waals surface area contributed by atoms with Crippen LogP contribution in [0.15, 0.2) is 18.2 Å². The molecular weight excluding hydrogens is 364 g/mol. The fourth-order valence-corrected chi connectivity index (χ4v) is 2.69. The van der Waals surface area contributed by atoms with Gasteiger partial charge in [0.15, 0.2) is 0 Å². The number of hydrogen-bond donors (Lipinski definition) is 1. The Kier molecular flexibility index (Phi) is 10.0. The molecule has 132 valence electrons. The van der Waals surface area contributed by atoms with Gasteiger partial charge in [-0.05, 0) is 19.1 Å². The van der Waals surface area contributed by atoms with Crippen molar-refractivity contribution in [2.24, 2.45) is 5.73 Å². The summed E-state index contributed by atoms with van der Waals surface area (Å²) in [5, 5.41) is 0.450. The number of carbonyl (C=O) groups excluding carboxylic acids is 1. The number of halogens is 4. The minimum Gasteiger partial charge on any atom is -0.340 e. The summed E-state index contributed by atoms with van der Waals surface area (Å²) in [6.07, 6.45) is 0.374. The Morgan fingerprint density at radius 2 is 1.91 bits per heavy atom. The highest BCUT2D eigenvalue weighted by Gasteiger charge is 2.22. The lowest BCUT2D eigenvalue weighted by molar-refractivity contribution is -0.133. The number of piperazine rings is 1. The van der Waals surface area contributed by atoms with Crippen molar-refractivity contribution in [1.82, 2.24) is 9.80 Å². The summed E-state index contributed by atoms with van der Waals surface area (Å²) in [6, 6.07) is 4.60. The zero-order valence-corrected chi connectivity index (χ0v) is 15.4. The van der Waals surface area contributed by atoms with E-state index in [1.165, 1.54) is 6.07 Å². The highest BCUT2D eigenvalue weighted by molar-refractivity contribution is 6.31. The number of carbonyl (C=O) groups is 1. The monoisotopic (exact) mass is 385 g/mol. The highest BCUT2D eigenvalue weighted by Crippen LogP contribution is 2.21. The van der Waals surface area contributed by atoms with Crippen molar-refractivity contribution < 1.29 is 9.18 Å². The molecule has 0 aliphatic carbocycles. The smallest absolute Gasteiger partial charge is 0.224 e. The van der Waals surface area contributed by atoms with Crippen molar-refractivity contribution in [2.75, 3.05) is 26.2 Å². The molecule has 0 saturated carbocycles. The molecule has 0 aromatic heterocycles. The topological polar surface area (TPSA) is 49.6 Å². The molecule has 8 heteroatoms. The molecule has 1 heterocycles. The van der Waals surface area contributed by atoms with Crippen LogP contribution in [0.2, 0.25) is 5.02 Å². The van der Waals surface area contributed by atoms with Gasteiger partial charge in [0.1, 0.15) is 5.82 Å². The van der Waals surface area contributed by atoms with Crippen LogP contribution in [0, 0.1) is 5.82 Å². The van der Waals surface area contributed by atoms with E-state index in [1.54, 1.807) is 12.1 Å². The summed E-state index contributed by atoms with van der Waals surface area (Å²) in [4.78, 5) is 15.9. The van der Waals surface area contributed by atoms with Gasteiger partial charge in [-0.25, -0.2) is 4.39 Å². The number of rotatable bonds is 4. The molecule has 2 rings (SSSR count). The zero-order chi connectivity index (χ0) is 15.4. The van der Waals surface area contributed by atoms with Crippen molar-refractivity contribution in [3.8, 4) is 0 Å². The Bertz CT molecular complexity index is 488. The minimum atomic E-state index is -0.280. The lowest BCUT2D eigenvalue weighted by Crippen LogP contribution is -2.49. The van der Waals surface area contributed by atoms with E-state index in [2.05, 4.69) is 4.90 Å². The van der Waals surface area contributed by atoms with Crippen LogP contribution in [-0.2, 0) is 11.3 Å². The van der Waals surface area contributed by atoms with Crippen molar-refractivity contribution >= 4 is 42.3 Å².